The van der Waals surface area contributed by atoms with Crippen LogP contribution >= 0.6 is 0 Å². The molecule has 4 saturated carbocycles. The van der Waals surface area contributed by atoms with E-state index in [9.17, 15) is 14.7 Å². The lowest BCUT2D eigenvalue weighted by Crippen LogP contribution is -2.51. The fraction of sp³-hybridized carbons (Fsp3) is 0.579. The molecule has 0 spiro atoms. The van der Waals surface area contributed by atoms with E-state index >= 15 is 0 Å². The number of fused-ring (bicyclic) bond motifs is 3. The summed E-state index contributed by atoms with van der Waals surface area (Å²) in [4.78, 5) is 34.8. The number of pyridine rings is 1. The number of carboxylic acids is 1. The van der Waals surface area contributed by atoms with Gasteiger partial charge in [-0.25, -0.2) is 4.98 Å². The fourth-order valence-electron chi connectivity index (χ4n) is 8.30. The fourth-order valence-corrected chi connectivity index (χ4v) is 8.30. The maximum atomic E-state index is 14.5. The van der Waals surface area contributed by atoms with Crippen LogP contribution < -0.4 is 9.80 Å². The molecular formula is C38H51N5O3. The molecule has 246 valence electrons. The minimum Gasteiger partial charge on any atom is -0.481 e. The van der Waals surface area contributed by atoms with Gasteiger partial charge in [-0.1, -0.05) is 18.2 Å². The molecule has 4 fully saturated rings. The molecule has 1 aromatic carbocycles. The lowest BCUT2D eigenvalue weighted by molar-refractivity contribution is -0.138. The van der Waals surface area contributed by atoms with Gasteiger partial charge in [0, 0.05) is 56.6 Å². The summed E-state index contributed by atoms with van der Waals surface area (Å²) in [5.74, 6) is 0.553. The molecule has 4 aliphatic carbocycles. The summed E-state index contributed by atoms with van der Waals surface area (Å²) < 4.78 is 1.99. The van der Waals surface area contributed by atoms with Gasteiger partial charge in [-0.15, -0.1) is 0 Å². The largest absolute Gasteiger partial charge is 0.481 e. The van der Waals surface area contributed by atoms with Gasteiger partial charge in [0.05, 0.1) is 11.7 Å². The van der Waals surface area contributed by atoms with Crippen LogP contribution in [0.3, 0.4) is 0 Å². The van der Waals surface area contributed by atoms with Crippen molar-refractivity contribution in [1.82, 2.24) is 14.8 Å². The molecule has 8 heteroatoms. The van der Waals surface area contributed by atoms with Crippen LogP contribution in [0.25, 0.3) is 11.1 Å². The van der Waals surface area contributed by atoms with E-state index in [1.165, 1.54) is 5.56 Å². The third-order valence-electron chi connectivity index (χ3n) is 11.4. The maximum absolute atomic E-state index is 14.5. The van der Waals surface area contributed by atoms with E-state index in [-0.39, 0.29) is 40.5 Å². The topological polar surface area (TPSA) is 91.6 Å². The van der Waals surface area contributed by atoms with Gasteiger partial charge >= 0.3 is 5.97 Å². The van der Waals surface area contributed by atoms with Crippen molar-refractivity contribution < 1.29 is 14.7 Å². The van der Waals surface area contributed by atoms with Gasteiger partial charge in [-0.3, -0.25) is 14.3 Å². The van der Waals surface area contributed by atoms with Crippen LogP contribution in [-0.4, -0.2) is 52.4 Å². The first-order valence-corrected chi connectivity index (χ1v) is 17.2. The number of aliphatic carboxylic acids is 1. The Balaban J connectivity index is 1.25. The highest BCUT2D eigenvalue weighted by Gasteiger charge is 2.50. The number of aromatic nitrogens is 3. The zero-order chi connectivity index (χ0) is 32.7. The monoisotopic (exact) mass is 625 g/mol. The molecule has 2 bridgehead atoms. The lowest BCUT2D eigenvalue weighted by Gasteiger charge is -2.55. The number of nitrogens with zero attached hydrogens (tertiary/aromatic N) is 5. The van der Waals surface area contributed by atoms with Crippen molar-refractivity contribution >= 4 is 23.4 Å². The summed E-state index contributed by atoms with van der Waals surface area (Å²) in [6.07, 6.45) is 16.1. The second-order valence-electron chi connectivity index (χ2n) is 15.7. The molecular weight excluding hydrogens is 574 g/mol. The number of anilines is 2. The smallest absolute Gasteiger partial charge is 0.303 e. The molecule has 2 heterocycles. The van der Waals surface area contributed by atoms with Gasteiger partial charge < -0.3 is 14.9 Å². The number of amides is 1. The van der Waals surface area contributed by atoms with Gasteiger partial charge in [-0.05, 0) is 131 Å². The zero-order valence-electron chi connectivity index (χ0n) is 28.3. The summed E-state index contributed by atoms with van der Waals surface area (Å²) in [6.45, 7) is 7.16. The van der Waals surface area contributed by atoms with Gasteiger partial charge in [0.25, 0.3) is 0 Å². The predicted octanol–water partition coefficient (Wildman–Crippen LogP) is 7.67. The molecule has 3 aromatic rings. The van der Waals surface area contributed by atoms with Crippen LogP contribution in [0.2, 0.25) is 0 Å². The standard InChI is InChI=1S/C38H51N5O3/c1-36(2,3)43-25-30(23-40-43)29-7-6-8-32(22-29)42(35(46)28-11-9-27(10-12-28)21-34(44)45)26-37-15-18-38(19-16-37,20-17-37)31-13-14-33(39-24-31)41(4)5/h6-8,13-14,22-25,27-28H,9-12,15-21,26H2,1-5H3,(H,44,45)/t27-,28-,37?,38?. The van der Waals surface area contributed by atoms with Gasteiger partial charge in [0.2, 0.25) is 5.91 Å². The first-order chi connectivity index (χ1) is 21.9. The summed E-state index contributed by atoms with van der Waals surface area (Å²) in [5, 5.41) is 14.0. The Morgan fingerprint density at radius 2 is 1.63 bits per heavy atom. The summed E-state index contributed by atoms with van der Waals surface area (Å²) in [6, 6.07) is 12.9. The minimum atomic E-state index is -0.739. The maximum Gasteiger partial charge on any atom is 0.303 e. The Hall–Kier alpha value is -3.68. The van der Waals surface area contributed by atoms with Gasteiger partial charge in [0.15, 0.2) is 0 Å². The lowest BCUT2D eigenvalue weighted by atomic mass is 9.52. The van der Waals surface area contributed by atoms with Crippen LogP contribution in [0, 0.1) is 17.3 Å². The summed E-state index contributed by atoms with van der Waals surface area (Å²) in [7, 11) is 4.05. The molecule has 7 rings (SSSR count). The van der Waals surface area contributed by atoms with Crippen LogP contribution in [0.5, 0.6) is 0 Å². The number of hydrogen-bond donors (Lipinski definition) is 1. The molecule has 4 aliphatic rings. The highest BCUT2D eigenvalue weighted by Crippen LogP contribution is 2.58. The highest BCUT2D eigenvalue weighted by molar-refractivity contribution is 5.96. The van der Waals surface area contributed by atoms with E-state index in [0.717, 1.165) is 93.4 Å². The quantitative estimate of drug-likeness (QED) is 0.262. The Kier molecular flexibility index (Phi) is 8.77. The second kappa shape index (κ2) is 12.5. The summed E-state index contributed by atoms with van der Waals surface area (Å²) in [5.41, 5.74) is 4.60. The van der Waals surface area contributed by atoms with Crippen LogP contribution in [0.1, 0.15) is 97.0 Å². The van der Waals surface area contributed by atoms with E-state index in [0.29, 0.717) is 0 Å². The van der Waals surface area contributed by atoms with Crippen molar-refractivity contribution in [2.24, 2.45) is 17.3 Å². The Morgan fingerprint density at radius 1 is 0.935 bits per heavy atom. The van der Waals surface area contributed by atoms with Crippen molar-refractivity contribution in [2.75, 3.05) is 30.4 Å². The van der Waals surface area contributed by atoms with Crippen molar-refractivity contribution in [1.29, 1.82) is 0 Å². The number of rotatable bonds is 9. The van der Waals surface area contributed by atoms with E-state index in [4.69, 9.17) is 4.98 Å². The Morgan fingerprint density at radius 3 is 2.20 bits per heavy atom. The minimum absolute atomic E-state index is 0.0682. The molecule has 8 nitrogen and oxygen atoms in total. The van der Waals surface area contributed by atoms with Crippen molar-refractivity contribution in [2.45, 2.75) is 102 Å². The van der Waals surface area contributed by atoms with Gasteiger partial charge in [-0.2, -0.15) is 5.10 Å². The number of hydrogen-bond acceptors (Lipinski definition) is 5. The molecule has 1 N–H and O–H groups in total. The molecule has 46 heavy (non-hydrogen) atoms. The Labute approximate surface area is 274 Å². The van der Waals surface area contributed by atoms with Crippen molar-refractivity contribution in [3.8, 4) is 11.1 Å². The average Bonchev–Trinajstić information content (AvgIpc) is 3.56. The van der Waals surface area contributed by atoms with Crippen LogP contribution in [0.4, 0.5) is 11.5 Å². The van der Waals surface area contributed by atoms with Crippen molar-refractivity contribution in [3.63, 3.8) is 0 Å². The highest BCUT2D eigenvalue weighted by atomic mass is 16.4. The van der Waals surface area contributed by atoms with Gasteiger partial charge in [0.1, 0.15) is 5.82 Å². The van der Waals surface area contributed by atoms with Crippen LogP contribution in [0.15, 0.2) is 55.0 Å². The first-order valence-electron chi connectivity index (χ1n) is 17.2. The molecule has 2 aromatic heterocycles. The number of carbonyl (C=O) groups excluding carboxylic acids is 1. The molecule has 0 radical (unpaired) electrons. The van der Waals surface area contributed by atoms with E-state index < -0.39 is 5.97 Å². The number of carbonyl (C=O) groups is 2. The van der Waals surface area contributed by atoms with Crippen molar-refractivity contribution in [3.05, 3.63) is 60.6 Å². The predicted molar refractivity (Wildman–Crippen MR) is 183 cm³/mol. The third-order valence-corrected chi connectivity index (χ3v) is 11.4. The third kappa shape index (κ3) is 6.58. The molecule has 1 amide bonds. The van der Waals surface area contributed by atoms with E-state index in [1.807, 2.05) is 29.9 Å². The molecule has 0 unspecified atom stereocenters. The first kappa shape index (κ1) is 32.3. The molecule has 0 atom stereocenters. The summed E-state index contributed by atoms with van der Waals surface area (Å²) >= 11 is 0. The van der Waals surface area contributed by atoms with E-state index in [1.54, 1.807) is 0 Å². The zero-order valence-corrected chi connectivity index (χ0v) is 28.3. The normalized spacial score (nSPS) is 26.1. The second-order valence-corrected chi connectivity index (χ2v) is 15.7. The van der Waals surface area contributed by atoms with E-state index in [2.05, 4.69) is 79.6 Å². The number of carboxylic acid groups (broad SMARTS) is 1. The molecule has 0 saturated heterocycles. The number of benzene rings is 1. The SMILES string of the molecule is CN(C)c1ccc(C23CCC(CN(c4cccc(-c5cnn(C(C)(C)C)c5)c4)C(=O)[C@H]4CC[C@H](CC(=O)O)CC4)(CC2)CC3)cn1. The average molecular weight is 626 g/mol. The van der Waals surface area contributed by atoms with Crippen LogP contribution in [-0.2, 0) is 20.5 Å². The Bertz CT molecular complexity index is 1520. The molecule has 0 aliphatic heterocycles.